The van der Waals surface area contributed by atoms with Crippen molar-refractivity contribution in [1.82, 2.24) is 10.2 Å². The first-order valence-electron chi connectivity index (χ1n) is 7.97. The van der Waals surface area contributed by atoms with Gasteiger partial charge in [-0.15, -0.1) is 21.5 Å². The lowest BCUT2D eigenvalue weighted by atomic mass is 9.98. The fraction of sp³-hybridized carbons (Fsp3) is 0.235. The monoisotopic (exact) mass is 422 g/mol. The third-order valence-electron chi connectivity index (χ3n) is 3.42. The molecule has 0 spiro atoms. The van der Waals surface area contributed by atoms with Crippen molar-refractivity contribution in [2.75, 3.05) is 10.0 Å². The van der Waals surface area contributed by atoms with Crippen LogP contribution in [0.15, 0.2) is 46.0 Å². The smallest absolute Gasteiger partial charge is 0.271 e. The number of anilines is 2. The number of carbonyl (C=O) groups excluding carboxylic acids is 1. The largest absolute Gasteiger partial charge is 0.296 e. The first-order valence-corrected chi connectivity index (χ1v) is 11.1. The van der Waals surface area contributed by atoms with Crippen LogP contribution in [0.1, 0.15) is 36.1 Å². The molecule has 2 N–H and O–H groups in total. The van der Waals surface area contributed by atoms with Gasteiger partial charge in [0.2, 0.25) is 5.13 Å². The van der Waals surface area contributed by atoms with Gasteiger partial charge < -0.3 is 0 Å². The van der Waals surface area contributed by atoms with Gasteiger partial charge in [-0.2, -0.15) is 0 Å². The highest BCUT2D eigenvalue weighted by molar-refractivity contribution is 7.94. The van der Waals surface area contributed by atoms with Crippen LogP contribution in [0.2, 0.25) is 0 Å². The summed E-state index contributed by atoms with van der Waals surface area (Å²) < 4.78 is 27.3. The van der Waals surface area contributed by atoms with Crippen molar-refractivity contribution in [3.8, 4) is 0 Å². The lowest BCUT2D eigenvalue weighted by molar-refractivity contribution is 0.102. The normalized spacial score (nSPS) is 12.0. The Labute approximate surface area is 165 Å². The number of aromatic nitrogens is 2. The van der Waals surface area contributed by atoms with Gasteiger partial charge in [-0.05, 0) is 29.6 Å². The summed E-state index contributed by atoms with van der Waals surface area (Å²) >= 11 is 2.43. The minimum absolute atomic E-state index is 0.152. The second kappa shape index (κ2) is 7.37. The summed E-state index contributed by atoms with van der Waals surface area (Å²) in [6.45, 7) is 6.05. The second-order valence-corrected chi connectivity index (χ2v) is 10.6. The molecule has 1 aromatic carbocycles. The highest BCUT2D eigenvalue weighted by Crippen LogP contribution is 2.28. The Bertz CT molecular complexity index is 1050. The molecule has 10 heteroatoms. The topological polar surface area (TPSA) is 101 Å². The van der Waals surface area contributed by atoms with Crippen LogP contribution in [0.4, 0.5) is 10.8 Å². The predicted octanol–water partition coefficient (Wildman–Crippen LogP) is 3.95. The summed E-state index contributed by atoms with van der Waals surface area (Å²) in [4.78, 5) is 12.5. The van der Waals surface area contributed by atoms with Crippen molar-refractivity contribution in [2.24, 2.45) is 0 Å². The van der Waals surface area contributed by atoms with Crippen molar-refractivity contribution in [3.05, 3.63) is 52.3 Å². The minimum Gasteiger partial charge on any atom is -0.296 e. The van der Waals surface area contributed by atoms with Crippen molar-refractivity contribution in [3.63, 3.8) is 0 Å². The van der Waals surface area contributed by atoms with Gasteiger partial charge in [-0.1, -0.05) is 44.2 Å². The van der Waals surface area contributed by atoms with E-state index in [1.165, 1.54) is 23.5 Å². The average molecular weight is 423 g/mol. The molecule has 0 fully saturated rings. The van der Waals surface area contributed by atoms with E-state index in [1.54, 1.807) is 29.6 Å². The molecule has 27 heavy (non-hydrogen) atoms. The van der Waals surface area contributed by atoms with Crippen molar-refractivity contribution in [1.29, 1.82) is 0 Å². The van der Waals surface area contributed by atoms with E-state index in [9.17, 15) is 13.2 Å². The molecule has 2 aromatic heterocycles. The van der Waals surface area contributed by atoms with Crippen LogP contribution in [0.5, 0.6) is 0 Å². The van der Waals surface area contributed by atoms with E-state index in [4.69, 9.17) is 0 Å². The van der Waals surface area contributed by atoms with E-state index < -0.39 is 10.0 Å². The molecule has 0 aliphatic heterocycles. The van der Waals surface area contributed by atoms with Crippen LogP contribution in [0.3, 0.4) is 0 Å². The van der Waals surface area contributed by atoms with Crippen LogP contribution in [-0.4, -0.2) is 24.5 Å². The Morgan fingerprint density at radius 1 is 1.11 bits per heavy atom. The standard InChI is InChI=1S/C17H18N4O3S3/c1-17(2,3)15-19-20-16(26-15)18-14(22)11-6-4-7-12(10-11)21-27(23,24)13-8-5-9-25-13/h4-10,21H,1-3H3,(H,18,20,22). The Kier molecular flexibility index (Phi) is 5.31. The number of hydrogen-bond donors (Lipinski definition) is 2. The molecule has 142 valence electrons. The van der Waals surface area contributed by atoms with Crippen LogP contribution in [0, 0.1) is 0 Å². The molecule has 0 unspecified atom stereocenters. The summed E-state index contributed by atoms with van der Waals surface area (Å²) in [5.41, 5.74) is 0.471. The maximum atomic E-state index is 12.5. The molecule has 2 heterocycles. The highest BCUT2D eigenvalue weighted by Gasteiger charge is 2.21. The third-order valence-corrected chi connectivity index (χ3v) is 7.47. The Morgan fingerprint density at radius 3 is 2.52 bits per heavy atom. The predicted molar refractivity (Wildman–Crippen MR) is 108 cm³/mol. The van der Waals surface area contributed by atoms with Gasteiger partial charge in [0.15, 0.2) is 0 Å². The van der Waals surface area contributed by atoms with Crippen LogP contribution in [-0.2, 0) is 15.4 Å². The zero-order valence-electron chi connectivity index (χ0n) is 14.9. The molecule has 0 saturated carbocycles. The van der Waals surface area contributed by atoms with E-state index in [-0.39, 0.29) is 15.5 Å². The van der Waals surface area contributed by atoms with Crippen LogP contribution >= 0.6 is 22.7 Å². The van der Waals surface area contributed by atoms with Gasteiger partial charge in [0.25, 0.3) is 15.9 Å². The molecule has 1 amide bonds. The number of nitrogens with one attached hydrogen (secondary N) is 2. The van der Waals surface area contributed by atoms with E-state index in [1.807, 2.05) is 20.8 Å². The van der Waals surface area contributed by atoms with Gasteiger partial charge in [-0.3, -0.25) is 14.8 Å². The fourth-order valence-electron chi connectivity index (χ4n) is 2.09. The lowest BCUT2D eigenvalue weighted by Crippen LogP contribution is -2.14. The quantitative estimate of drug-likeness (QED) is 0.648. The zero-order chi connectivity index (χ0) is 19.7. The lowest BCUT2D eigenvalue weighted by Gasteiger charge is -2.12. The molecular weight excluding hydrogens is 404 g/mol. The van der Waals surface area contributed by atoms with E-state index in [0.29, 0.717) is 16.4 Å². The molecule has 0 aliphatic rings. The summed E-state index contributed by atoms with van der Waals surface area (Å²) in [6, 6.07) is 9.46. The molecule has 3 aromatic rings. The maximum absolute atomic E-state index is 12.5. The third kappa shape index (κ3) is 4.71. The van der Waals surface area contributed by atoms with E-state index in [0.717, 1.165) is 16.3 Å². The highest BCUT2D eigenvalue weighted by atomic mass is 32.2. The van der Waals surface area contributed by atoms with Gasteiger partial charge in [-0.25, -0.2) is 8.42 Å². The summed E-state index contributed by atoms with van der Waals surface area (Å²) in [5.74, 6) is -0.385. The summed E-state index contributed by atoms with van der Waals surface area (Å²) in [5, 5.41) is 13.7. The van der Waals surface area contributed by atoms with Gasteiger partial charge >= 0.3 is 0 Å². The number of amides is 1. The van der Waals surface area contributed by atoms with E-state index in [2.05, 4.69) is 20.2 Å². The molecule has 0 aliphatic carbocycles. The Hall–Kier alpha value is -2.30. The van der Waals surface area contributed by atoms with E-state index >= 15 is 0 Å². The van der Waals surface area contributed by atoms with Crippen molar-refractivity contribution in [2.45, 2.75) is 30.4 Å². The molecule has 0 atom stereocenters. The number of rotatable bonds is 5. The fourth-order valence-corrected chi connectivity index (χ4v) is 4.93. The molecule has 3 rings (SSSR count). The molecular formula is C17H18N4O3S3. The number of carbonyl (C=O) groups is 1. The number of benzene rings is 1. The minimum atomic E-state index is -3.67. The Morgan fingerprint density at radius 2 is 1.89 bits per heavy atom. The number of thiophene rings is 1. The van der Waals surface area contributed by atoms with Gasteiger partial charge in [0, 0.05) is 16.7 Å². The van der Waals surface area contributed by atoms with Crippen LogP contribution in [0.25, 0.3) is 0 Å². The molecule has 0 bridgehead atoms. The Balaban J connectivity index is 1.75. The summed E-state index contributed by atoms with van der Waals surface area (Å²) in [7, 11) is -3.67. The second-order valence-electron chi connectivity index (χ2n) is 6.73. The SMILES string of the molecule is CC(C)(C)c1nnc(NC(=O)c2cccc(NS(=O)(=O)c3cccs3)c2)s1. The molecule has 0 saturated heterocycles. The number of sulfonamides is 1. The first-order chi connectivity index (χ1) is 12.6. The van der Waals surface area contributed by atoms with Crippen molar-refractivity contribution >= 4 is 49.4 Å². The first kappa shape index (κ1) is 19.5. The maximum Gasteiger partial charge on any atom is 0.271 e. The van der Waals surface area contributed by atoms with Gasteiger partial charge in [0.1, 0.15) is 9.22 Å². The van der Waals surface area contributed by atoms with Gasteiger partial charge in [0.05, 0.1) is 0 Å². The van der Waals surface area contributed by atoms with Crippen molar-refractivity contribution < 1.29 is 13.2 Å². The summed E-state index contributed by atoms with van der Waals surface area (Å²) in [6.07, 6.45) is 0. The molecule has 7 nitrogen and oxygen atoms in total. The van der Waals surface area contributed by atoms with Crippen LogP contribution < -0.4 is 10.0 Å². The number of nitrogens with zero attached hydrogens (tertiary/aromatic N) is 2. The molecule has 0 radical (unpaired) electrons. The number of hydrogen-bond acceptors (Lipinski definition) is 7. The zero-order valence-corrected chi connectivity index (χ0v) is 17.3. The average Bonchev–Trinajstić information content (AvgIpc) is 3.26.